The van der Waals surface area contributed by atoms with Crippen molar-refractivity contribution in [2.75, 3.05) is 0 Å². The number of thiol groups is 1. The third-order valence-corrected chi connectivity index (χ3v) is 10.1. The van der Waals surface area contributed by atoms with Crippen LogP contribution < -0.4 is 5.14 Å². The van der Waals surface area contributed by atoms with Crippen LogP contribution in [-0.4, -0.2) is 0 Å². The fourth-order valence-electron chi connectivity index (χ4n) is 8.01. The molecule has 1 nitrogen and oxygen atoms in total. The molecule has 1 aliphatic carbocycles. The average Bonchev–Trinajstić information content (AvgIpc) is 3.15. The van der Waals surface area contributed by atoms with Gasteiger partial charge < -0.3 is 0 Å². The van der Waals surface area contributed by atoms with Crippen molar-refractivity contribution < 1.29 is 0 Å². The van der Waals surface area contributed by atoms with Gasteiger partial charge in [-0.05, 0) is 117 Å². The van der Waals surface area contributed by atoms with Crippen LogP contribution in [0.15, 0.2) is 158 Å². The molecule has 10 rings (SSSR count). The van der Waals surface area contributed by atoms with Crippen molar-refractivity contribution in [3.8, 4) is 33.4 Å². The van der Waals surface area contributed by atoms with Crippen LogP contribution in [-0.2, 0) is 6.42 Å². The average molecular weight is 618 g/mol. The van der Waals surface area contributed by atoms with E-state index >= 15 is 0 Å². The van der Waals surface area contributed by atoms with E-state index in [1.54, 1.807) is 0 Å². The predicted molar refractivity (Wildman–Crippen MR) is 206 cm³/mol. The van der Waals surface area contributed by atoms with Gasteiger partial charge in [-0.3, -0.25) is 5.14 Å². The Labute approximate surface area is 279 Å². The van der Waals surface area contributed by atoms with E-state index in [0.717, 1.165) is 6.42 Å². The Bertz CT molecular complexity index is 2670. The first-order chi connectivity index (χ1) is 23.3. The van der Waals surface area contributed by atoms with Gasteiger partial charge in [0.25, 0.3) is 0 Å². The maximum atomic E-state index is 4.19. The number of hydrogen-bond acceptors (Lipinski definition) is 2. The molecule has 0 heterocycles. The summed E-state index contributed by atoms with van der Waals surface area (Å²) in [7, 11) is 0. The molecule has 0 spiro atoms. The number of nitrogens with two attached hydrogens (primary N) is 1. The minimum Gasteiger partial charge on any atom is -0.281 e. The minimum atomic E-state index is 0.924. The van der Waals surface area contributed by atoms with Gasteiger partial charge in [0.2, 0.25) is 0 Å². The first-order valence-corrected chi connectivity index (χ1v) is 16.6. The van der Waals surface area contributed by atoms with Crippen LogP contribution in [0.2, 0.25) is 0 Å². The lowest BCUT2D eigenvalue weighted by Gasteiger charge is -2.26. The summed E-state index contributed by atoms with van der Waals surface area (Å²) < 4.78 is 0. The number of hydrogen-bond donors (Lipinski definition) is 2. The number of fused-ring (bicyclic) bond motifs is 9. The van der Waals surface area contributed by atoms with E-state index in [1.807, 2.05) is 0 Å². The summed E-state index contributed by atoms with van der Waals surface area (Å²) in [6.45, 7) is 0. The first kappa shape index (κ1) is 27.9. The summed E-state index contributed by atoms with van der Waals surface area (Å²) in [5, 5.41) is 17.4. The van der Waals surface area contributed by atoms with E-state index in [-0.39, 0.29) is 0 Å². The molecule has 0 fully saturated rings. The van der Waals surface area contributed by atoms with Gasteiger partial charge in [0, 0.05) is 0 Å². The highest BCUT2D eigenvalue weighted by Gasteiger charge is 2.24. The molecule has 222 valence electrons. The van der Waals surface area contributed by atoms with E-state index in [2.05, 4.69) is 176 Å². The zero-order chi connectivity index (χ0) is 31.5. The lowest BCUT2D eigenvalue weighted by Crippen LogP contribution is -2.04. The highest BCUT2D eigenvalue weighted by molar-refractivity contribution is 7.77. The van der Waals surface area contributed by atoms with E-state index in [0.29, 0.717) is 0 Å². The molecule has 9 aromatic carbocycles. The highest BCUT2D eigenvalue weighted by Crippen LogP contribution is 2.48. The molecule has 0 aliphatic heterocycles. The number of rotatable bonds is 2. The van der Waals surface area contributed by atoms with Gasteiger partial charge >= 0.3 is 0 Å². The van der Waals surface area contributed by atoms with Crippen LogP contribution >= 0.6 is 12.8 Å². The molecule has 0 radical (unpaired) electrons. The molecule has 0 aromatic heterocycles. The molecule has 1 aliphatic rings. The Kier molecular flexibility index (Phi) is 6.60. The smallest absolute Gasteiger partial charge is 0.000683 e. The second-order valence-corrected chi connectivity index (χ2v) is 12.4. The Morgan fingerprint density at radius 1 is 0.383 bits per heavy atom. The summed E-state index contributed by atoms with van der Waals surface area (Å²) in [6.07, 6.45) is 0.924. The Morgan fingerprint density at radius 2 is 0.979 bits per heavy atom. The molecule has 9 aromatic rings. The van der Waals surface area contributed by atoms with Gasteiger partial charge in [-0.2, -0.15) is 0 Å². The summed E-state index contributed by atoms with van der Waals surface area (Å²) in [4.78, 5) is 0. The lowest BCUT2D eigenvalue weighted by molar-refractivity contribution is 1.20. The van der Waals surface area contributed by atoms with Crippen LogP contribution in [0, 0.1) is 0 Å². The van der Waals surface area contributed by atoms with E-state index < -0.39 is 0 Å². The quantitative estimate of drug-likeness (QED) is 0.146. The Hall–Kier alpha value is -5.41. The molecule has 0 bridgehead atoms. The molecule has 0 atom stereocenters. The van der Waals surface area contributed by atoms with Crippen LogP contribution in [0.5, 0.6) is 0 Å². The molecular weight excluding hydrogens is 587 g/mol. The van der Waals surface area contributed by atoms with Crippen molar-refractivity contribution in [3.63, 3.8) is 0 Å². The van der Waals surface area contributed by atoms with Crippen molar-refractivity contribution in [1.29, 1.82) is 0 Å². The summed E-state index contributed by atoms with van der Waals surface area (Å²) in [5.41, 5.74) is 10.7. The zero-order valence-electron chi connectivity index (χ0n) is 25.7. The maximum absolute atomic E-state index is 4.19. The van der Waals surface area contributed by atoms with E-state index in [4.69, 9.17) is 0 Å². The first-order valence-electron chi connectivity index (χ1n) is 16.1. The molecule has 0 saturated carbocycles. The molecule has 0 unspecified atom stereocenters. The van der Waals surface area contributed by atoms with Crippen LogP contribution in [0.25, 0.3) is 87.2 Å². The Balaban J connectivity index is 0.00000149. The molecular formula is C45H31NS. The molecule has 0 saturated heterocycles. The fraction of sp³-hybridized carbons (Fsp3) is 0.0222. The molecule has 47 heavy (non-hydrogen) atoms. The minimum absolute atomic E-state index is 0.924. The third kappa shape index (κ3) is 4.30. The van der Waals surface area contributed by atoms with Crippen molar-refractivity contribution >= 4 is 66.7 Å². The summed E-state index contributed by atoms with van der Waals surface area (Å²) in [6, 6.07) is 58.7. The van der Waals surface area contributed by atoms with Crippen LogP contribution in [0.3, 0.4) is 0 Å². The van der Waals surface area contributed by atoms with Crippen molar-refractivity contribution in [3.05, 3.63) is 169 Å². The largest absolute Gasteiger partial charge is 0.281 e. The second-order valence-electron chi connectivity index (χ2n) is 12.4. The standard InChI is InChI=1S/C45H28.H3NS/c1-2-10-30(11-3-1)44-38-14-7-6-13-35(38)39-15-8-16-40-42-26-32(19-20-33(42)27-43(44)45(39)40)31-18-17-29-22-23-36-34-12-5-4-9-28(34)21-24-37(36)41(29)25-31;1-2/h1-26H,27H2;2H,1H2. The fourth-order valence-corrected chi connectivity index (χ4v) is 8.01. The van der Waals surface area contributed by atoms with Gasteiger partial charge in [0.05, 0.1) is 0 Å². The molecule has 2 N–H and O–H groups in total. The van der Waals surface area contributed by atoms with Crippen molar-refractivity contribution in [2.45, 2.75) is 6.42 Å². The summed E-state index contributed by atoms with van der Waals surface area (Å²) >= 11 is 3.03. The van der Waals surface area contributed by atoms with Gasteiger partial charge in [-0.1, -0.05) is 146 Å². The maximum Gasteiger partial charge on any atom is -0.000683 e. The predicted octanol–water partition coefficient (Wildman–Crippen LogP) is 12.1. The molecule has 0 amide bonds. The SMILES string of the molecule is NS.c1ccc(-c2c3c4c(cccc4c4ccccc24)-c2cc(-c4ccc5ccc6c7ccccc7ccc6c5c4)ccc2C3)cc1. The van der Waals surface area contributed by atoms with Gasteiger partial charge in [0.15, 0.2) is 0 Å². The second kappa shape index (κ2) is 11.1. The van der Waals surface area contributed by atoms with Crippen LogP contribution in [0.1, 0.15) is 11.1 Å². The van der Waals surface area contributed by atoms with Gasteiger partial charge in [0.1, 0.15) is 0 Å². The lowest BCUT2D eigenvalue weighted by atomic mass is 9.77. The van der Waals surface area contributed by atoms with E-state index in [9.17, 15) is 0 Å². The van der Waals surface area contributed by atoms with Crippen molar-refractivity contribution in [1.82, 2.24) is 0 Å². The Morgan fingerprint density at radius 3 is 1.81 bits per heavy atom. The third-order valence-electron chi connectivity index (χ3n) is 10.1. The van der Waals surface area contributed by atoms with E-state index in [1.165, 1.54) is 98.4 Å². The van der Waals surface area contributed by atoms with Gasteiger partial charge in [-0.15, -0.1) is 12.8 Å². The monoisotopic (exact) mass is 617 g/mol. The van der Waals surface area contributed by atoms with Crippen molar-refractivity contribution in [2.24, 2.45) is 5.14 Å². The van der Waals surface area contributed by atoms with Gasteiger partial charge in [-0.25, -0.2) is 0 Å². The zero-order valence-corrected chi connectivity index (χ0v) is 26.6. The molecule has 2 heteroatoms. The topological polar surface area (TPSA) is 26.0 Å². The van der Waals surface area contributed by atoms with Crippen LogP contribution in [0.4, 0.5) is 0 Å². The highest BCUT2D eigenvalue weighted by atomic mass is 32.1. The normalized spacial score (nSPS) is 12.0. The summed E-state index contributed by atoms with van der Waals surface area (Å²) in [5.74, 6) is 0. The number of benzene rings is 9.